The SMILES string of the molecule is Cc1ccc(C)c(N2C(=O)C(Cl)=C(Nc3cccc(C(=O)Nc4cccc(C)c4C)c3)C2=O)c1. The van der Waals surface area contributed by atoms with Crippen molar-refractivity contribution >= 4 is 46.4 Å². The lowest BCUT2D eigenvalue weighted by molar-refractivity contribution is -0.120. The van der Waals surface area contributed by atoms with E-state index in [1.165, 1.54) is 0 Å². The first kappa shape index (κ1) is 23.3. The summed E-state index contributed by atoms with van der Waals surface area (Å²) in [5.41, 5.74) is 5.82. The Labute approximate surface area is 203 Å². The van der Waals surface area contributed by atoms with Crippen molar-refractivity contribution in [2.24, 2.45) is 0 Å². The minimum Gasteiger partial charge on any atom is -0.350 e. The predicted octanol–water partition coefficient (Wildman–Crippen LogP) is 5.61. The summed E-state index contributed by atoms with van der Waals surface area (Å²) in [5, 5.41) is 5.66. The molecular weight excluding hydrogens is 450 g/mol. The zero-order valence-corrected chi connectivity index (χ0v) is 20.1. The number of hydrogen-bond donors (Lipinski definition) is 2. The summed E-state index contributed by atoms with van der Waals surface area (Å²) < 4.78 is 0. The lowest BCUT2D eigenvalue weighted by atomic mass is 10.1. The van der Waals surface area contributed by atoms with Crippen molar-refractivity contribution in [1.82, 2.24) is 0 Å². The molecule has 2 N–H and O–H groups in total. The quantitative estimate of drug-likeness (QED) is 0.472. The molecule has 0 aromatic heterocycles. The Morgan fingerprint density at radius 2 is 1.59 bits per heavy atom. The number of amides is 3. The summed E-state index contributed by atoms with van der Waals surface area (Å²) in [5.74, 6) is -1.43. The third-order valence-corrected chi connectivity index (χ3v) is 6.23. The Hall–Kier alpha value is -3.90. The summed E-state index contributed by atoms with van der Waals surface area (Å²) in [7, 11) is 0. The van der Waals surface area contributed by atoms with Gasteiger partial charge in [0.15, 0.2) is 0 Å². The topological polar surface area (TPSA) is 78.5 Å². The maximum absolute atomic E-state index is 13.1. The third-order valence-electron chi connectivity index (χ3n) is 5.88. The van der Waals surface area contributed by atoms with Gasteiger partial charge in [0.2, 0.25) is 0 Å². The van der Waals surface area contributed by atoms with Crippen LogP contribution in [0, 0.1) is 27.7 Å². The number of benzene rings is 3. The van der Waals surface area contributed by atoms with Crippen molar-refractivity contribution in [3.05, 3.63) is 99.2 Å². The second kappa shape index (κ2) is 9.15. The minimum atomic E-state index is -0.591. The summed E-state index contributed by atoms with van der Waals surface area (Å²) in [4.78, 5) is 39.9. The van der Waals surface area contributed by atoms with E-state index in [-0.39, 0.29) is 16.6 Å². The maximum atomic E-state index is 13.1. The predicted molar refractivity (Wildman–Crippen MR) is 135 cm³/mol. The Kier molecular flexibility index (Phi) is 6.26. The van der Waals surface area contributed by atoms with E-state index in [1.807, 2.05) is 58.0 Å². The van der Waals surface area contributed by atoms with Gasteiger partial charge in [0, 0.05) is 16.9 Å². The smallest absolute Gasteiger partial charge is 0.283 e. The van der Waals surface area contributed by atoms with Crippen molar-refractivity contribution in [2.45, 2.75) is 27.7 Å². The first-order valence-corrected chi connectivity index (χ1v) is 11.2. The Balaban J connectivity index is 1.57. The highest BCUT2D eigenvalue weighted by atomic mass is 35.5. The van der Waals surface area contributed by atoms with Gasteiger partial charge in [-0.1, -0.05) is 41.9 Å². The van der Waals surface area contributed by atoms with Gasteiger partial charge in [0.25, 0.3) is 17.7 Å². The molecule has 1 aliphatic rings. The normalized spacial score (nSPS) is 13.5. The van der Waals surface area contributed by atoms with Gasteiger partial charge >= 0.3 is 0 Å². The molecule has 1 heterocycles. The zero-order chi connectivity index (χ0) is 24.6. The van der Waals surface area contributed by atoms with Crippen LogP contribution in [0.25, 0.3) is 0 Å². The van der Waals surface area contributed by atoms with Crippen LogP contribution in [0.1, 0.15) is 32.6 Å². The molecule has 3 aromatic rings. The molecule has 0 atom stereocenters. The molecule has 172 valence electrons. The Morgan fingerprint density at radius 1 is 0.853 bits per heavy atom. The highest BCUT2D eigenvalue weighted by molar-refractivity contribution is 6.53. The van der Waals surface area contributed by atoms with Crippen LogP contribution in [-0.2, 0) is 9.59 Å². The van der Waals surface area contributed by atoms with Crippen molar-refractivity contribution in [3.63, 3.8) is 0 Å². The van der Waals surface area contributed by atoms with Crippen LogP contribution in [0.2, 0.25) is 0 Å². The molecule has 34 heavy (non-hydrogen) atoms. The average Bonchev–Trinajstić information content (AvgIpc) is 3.02. The van der Waals surface area contributed by atoms with E-state index in [9.17, 15) is 14.4 Å². The second-order valence-electron chi connectivity index (χ2n) is 8.33. The number of aryl methyl sites for hydroxylation is 3. The average molecular weight is 474 g/mol. The Morgan fingerprint density at radius 3 is 2.35 bits per heavy atom. The second-order valence-corrected chi connectivity index (χ2v) is 8.71. The van der Waals surface area contributed by atoms with E-state index in [1.54, 1.807) is 30.3 Å². The lowest BCUT2D eigenvalue weighted by Gasteiger charge is -2.18. The van der Waals surface area contributed by atoms with Gasteiger partial charge < -0.3 is 10.6 Å². The summed E-state index contributed by atoms with van der Waals surface area (Å²) in [6.07, 6.45) is 0. The van der Waals surface area contributed by atoms with Gasteiger partial charge in [-0.15, -0.1) is 0 Å². The molecule has 3 amide bonds. The van der Waals surface area contributed by atoms with Crippen LogP contribution in [0.15, 0.2) is 71.4 Å². The van der Waals surface area contributed by atoms with Gasteiger partial charge in [0.05, 0.1) is 5.69 Å². The summed E-state index contributed by atoms with van der Waals surface area (Å²) >= 11 is 6.28. The van der Waals surface area contributed by atoms with E-state index in [0.29, 0.717) is 16.9 Å². The van der Waals surface area contributed by atoms with Gasteiger partial charge in [-0.3, -0.25) is 14.4 Å². The van der Waals surface area contributed by atoms with Crippen molar-refractivity contribution in [3.8, 4) is 0 Å². The molecular formula is C27H24ClN3O3. The van der Waals surface area contributed by atoms with E-state index >= 15 is 0 Å². The fourth-order valence-electron chi connectivity index (χ4n) is 3.75. The van der Waals surface area contributed by atoms with Crippen LogP contribution >= 0.6 is 11.6 Å². The number of halogens is 1. The number of anilines is 3. The van der Waals surface area contributed by atoms with E-state index < -0.39 is 11.8 Å². The van der Waals surface area contributed by atoms with Gasteiger partial charge in [-0.05, 0) is 80.3 Å². The molecule has 0 bridgehead atoms. The van der Waals surface area contributed by atoms with Crippen molar-refractivity contribution in [1.29, 1.82) is 0 Å². The molecule has 0 aliphatic carbocycles. The first-order chi connectivity index (χ1) is 16.2. The monoisotopic (exact) mass is 473 g/mol. The molecule has 0 fully saturated rings. The molecule has 0 radical (unpaired) electrons. The minimum absolute atomic E-state index is 0.0281. The van der Waals surface area contributed by atoms with Crippen molar-refractivity contribution in [2.75, 3.05) is 15.5 Å². The molecule has 0 spiro atoms. The molecule has 4 rings (SSSR count). The largest absolute Gasteiger partial charge is 0.350 e. The lowest BCUT2D eigenvalue weighted by Crippen LogP contribution is -2.33. The van der Waals surface area contributed by atoms with Crippen LogP contribution in [0.5, 0.6) is 0 Å². The molecule has 7 heteroatoms. The zero-order valence-electron chi connectivity index (χ0n) is 19.3. The number of nitrogens with zero attached hydrogens (tertiary/aromatic N) is 1. The van der Waals surface area contributed by atoms with Crippen molar-refractivity contribution < 1.29 is 14.4 Å². The fourth-order valence-corrected chi connectivity index (χ4v) is 3.97. The van der Waals surface area contributed by atoms with E-state index in [0.717, 1.165) is 32.8 Å². The third kappa shape index (κ3) is 4.32. The number of rotatable bonds is 5. The molecule has 0 saturated heterocycles. The fraction of sp³-hybridized carbons (Fsp3) is 0.148. The summed E-state index contributed by atoms with van der Waals surface area (Å²) in [6, 6.07) is 17.9. The van der Waals surface area contributed by atoms with Crippen LogP contribution in [-0.4, -0.2) is 17.7 Å². The molecule has 3 aromatic carbocycles. The maximum Gasteiger partial charge on any atom is 0.283 e. The Bertz CT molecular complexity index is 1380. The van der Waals surface area contributed by atoms with Gasteiger partial charge in [-0.2, -0.15) is 0 Å². The summed E-state index contributed by atoms with van der Waals surface area (Å²) in [6.45, 7) is 7.64. The highest BCUT2D eigenvalue weighted by Crippen LogP contribution is 2.32. The van der Waals surface area contributed by atoms with Crippen LogP contribution in [0.4, 0.5) is 17.1 Å². The number of carbonyl (C=O) groups excluding carboxylic acids is 3. The van der Waals surface area contributed by atoms with Gasteiger partial charge in [0.1, 0.15) is 10.7 Å². The highest BCUT2D eigenvalue weighted by Gasteiger charge is 2.39. The van der Waals surface area contributed by atoms with Gasteiger partial charge in [-0.25, -0.2) is 4.90 Å². The number of carbonyl (C=O) groups is 3. The van der Waals surface area contributed by atoms with Crippen LogP contribution < -0.4 is 15.5 Å². The van der Waals surface area contributed by atoms with E-state index in [2.05, 4.69) is 10.6 Å². The molecule has 0 saturated carbocycles. The van der Waals surface area contributed by atoms with Crippen LogP contribution in [0.3, 0.4) is 0 Å². The molecule has 6 nitrogen and oxygen atoms in total. The number of nitrogens with one attached hydrogen (secondary N) is 2. The first-order valence-electron chi connectivity index (χ1n) is 10.8. The molecule has 1 aliphatic heterocycles. The standard InChI is InChI=1S/C27H24ClN3O3/c1-15-11-12-17(3)22(13-15)31-26(33)23(28)24(27(31)34)29-20-9-6-8-19(14-20)25(32)30-21-10-5-7-16(2)18(21)4/h5-14,29H,1-4H3,(H,30,32). The number of hydrogen-bond acceptors (Lipinski definition) is 4. The number of imide groups is 1. The van der Waals surface area contributed by atoms with E-state index in [4.69, 9.17) is 11.6 Å². The molecule has 0 unspecified atom stereocenters.